The van der Waals surface area contributed by atoms with Crippen LogP contribution in [0.15, 0.2) is 37.4 Å². The molecule has 0 aliphatic rings. The maximum absolute atomic E-state index is 9.87. The van der Waals surface area contributed by atoms with Gasteiger partial charge in [-0.2, -0.15) is 20.7 Å². The molecule has 0 amide bonds. The molecule has 0 aliphatic heterocycles. The number of fused-ring (bicyclic) bond motifs is 1. The number of ether oxygens (including phenoxy) is 2. The smallest absolute Gasteiger partial charge is 0.161 e. The summed E-state index contributed by atoms with van der Waals surface area (Å²) < 4.78 is 13.7. The van der Waals surface area contributed by atoms with Gasteiger partial charge in [-0.15, -0.1) is 0 Å². The number of nitriles is 2. The van der Waals surface area contributed by atoms with Crippen molar-refractivity contribution < 1.29 is 9.47 Å². The van der Waals surface area contributed by atoms with Crippen LogP contribution in [-0.4, -0.2) is 43.7 Å². The normalized spacial score (nSPS) is 10.4. The van der Waals surface area contributed by atoms with Crippen molar-refractivity contribution in [1.29, 1.82) is 10.5 Å². The number of aromatic nitrogens is 6. The second-order valence-electron chi connectivity index (χ2n) is 5.60. The second-order valence-corrected chi connectivity index (χ2v) is 5.60. The van der Waals surface area contributed by atoms with Gasteiger partial charge in [0.15, 0.2) is 11.5 Å². The van der Waals surface area contributed by atoms with Gasteiger partial charge in [0.2, 0.25) is 0 Å². The van der Waals surface area contributed by atoms with Gasteiger partial charge >= 0.3 is 0 Å². The van der Waals surface area contributed by atoms with Gasteiger partial charge in [-0.05, 0) is 12.1 Å². The molecule has 0 bridgehead atoms. The minimum atomic E-state index is 0.137. The Morgan fingerprint density at radius 3 is 1.50 bits per heavy atom. The van der Waals surface area contributed by atoms with Gasteiger partial charge in [0.25, 0.3) is 0 Å². The Morgan fingerprint density at radius 2 is 1.21 bits per heavy atom. The molecule has 2 aromatic carbocycles. The standard InChI is InChI=1S/C18H12N8O2/c1-27-15-3-11-12(4-16(15)28-2)18(26-10-22-8-24-26)14(6-20)13(5-19)17(11)25-9-21-7-23-25/h3-4,7-10H,1-2H3. The van der Waals surface area contributed by atoms with Crippen LogP contribution in [0.25, 0.3) is 22.1 Å². The Labute approximate surface area is 158 Å². The molecule has 4 aromatic rings. The molecule has 0 aliphatic carbocycles. The second kappa shape index (κ2) is 6.70. The number of hydrogen-bond acceptors (Lipinski definition) is 8. The molecule has 0 atom stereocenters. The van der Waals surface area contributed by atoms with Gasteiger partial charge in [0.1, 0.15) is 37.4 Å². The minimum Gasteiger partial charge on any atom is -0.493 e. The lowest BCUT2D eigenvalue weighted by Gasteiger charge is -2.17. The van der Waals surface area contributed by atoms with E-state index in [0.29, 0.717) is 33.6 Å². The highest BCUT2D eigenvalue weighted by Crippen LogP contribution is 2.40. The van der Waals surface area contributed by atoms with Crippen molar-refractivity contribution in [3.05, 3.63) is 48.6 Å². The Balaban J connectivity index is 2.28. The molecule has 10 nitrogen and oxygen atoms in total. The Bertz CT molecular complexity index is 1150. The van der Waals surface area contributed by atoms with E-state index in [1.807, 2.05) is 0 Å². The number of nitrogens with zero attached hydrogens (tertiary/aromatic N) is 8. The molecule has 0 N–H and O–H groups in total. The predicted molar refractivity (Wildman–Crippen MR) is 96.3 cm³/mol. The van der Waals surface area contributed by atoms with Crippen molar-refractivity contribution in [2.24, 2.45) is 0 Å². The van der Waals surface area contributed by atoms with Crippen LogP contribution in [0, 0.1) is 22.7 Å². The highest BCUT2D eigenvalue weighted by Gasteiger charge is 2.24. The summed E-state index contributed by atoms with van der Waals surface area (Å²) in [5, 5.41) is 29.3. The van der Waals surface area contributed by atoms with Crippen LogP contribution in [0.3, 0.4) is 0 Å². The van der Waals surface area contributed by atoms with Gasteiger partial charge in [0, 0.05) is 10.8 Å². The van der Waals surface area contributed by atoms with Crippen molar-refractivity contribution in [2.75, 3.05) is 14.2 Å². The van der Waals surface area contributed by atoms with E-state index in [4.69, 9.17) is 9.47 Å². The van der Waals surface area contributed by atoms with E-state index in [2.05, 4.69) is 32.3 Å². The maximum atomic E-state index is 9.87. The summed E-state index contributed by atoms with van der Waals surface area (Å²) in [4.78, 5) is 7.92. The third kappa shape index (κ3) is 2.40. The first-order valence-electron chi connectivity index (χ1n) is 7.99. The van der Waals surface area contributed by atoms with E-state index >= 15 is 0 Å². The Hall–Kier alpha value is -4.44. The van der Waals surface area contributed by atoms with Gasteiger partial charge in [0.05, 0.1) is 36.7 Å². The molecule has 0 unspecified atom stereocenters. The van der Waals surface area contributed by atoms with E-state index in [-0.39, 0.29) is 11.1 Å². The van der Waals surface area contributed by atoms with E-state index in [1.54, 1.807) is 12.1 Å². The third-order valence-electron chi connectivity index (χ3n) is 4.28. The number of rotatable bonds is 4. The zero-order valence-corrected chi connectivity index (χ0v) is 14.9. The average Bonchev–Trinajstić information content (AvgIpc) is 3.44. The average molecular weight is 372 g/mol. The summed E-state index contributed by atoms with van der Waals surface area (Å²) in [5.74, 6) is 0.934. The van der Waals surface area contributed by atoms with Gasteiger partial charge in [-0.25, -0.2) is 19.3 Å². The van der Waals surface area contributed by atoms with Gasteiger partial charge < -0.3 is 9.47 Å². The fourth-order valence-electron chi connectivity index (χ4n) is 3.12. The summed E-state index contributed by atoms with van der Waals surface area (Å²) in [6, 6.07) is 7.70. The van der Waals surface area contributed by atoms with Crippen molar-refractivity contribution in [3.8, 4) is 35.0 Å². The fourth-order valence-corrected chi connectivity index (χ4v) is 3.12. The van der Waals surface area contributed by atoms with Gasteiger partial charge in [-0.3, -0.25) is 0 Å². The van der Waals surface area contributed by atoms with Crippen LogP contribution < -0.4 is 9.47 Å². The minimum absolute atomic E-state index is 0.137. The van der Waals surface area contributed by atoms with Crippen molar-refractivity contribution in [3.63, 3.8) is 0 Å². The Kier molecular flexibility index (Phi) is 4.07. The molecular formula is C18H12N8O2. The molecule has 2 heterocycles. The van der Waals surface area contributed by atoms with Crippen molar-refractivity contribution in [1.82, 2.24) is 29.5 Å². The molecule has 10 heteroatoms. The molecule has 28 heavy (non-hydrogen) atoms. The largest absolute Gasteiger partial charge is 0.493 e. The molecule has 136 valence electrons. The monoisotopic (exact) mass is 372 g/mol. The van der Waals surface area contributed by atoms with E-state index in [9.17, 15) is 10.5 Å². The predicted octanol–water partition coefficient (Wildman–Crippen LogP) is 1.76. The summed E-state index contributed by atoms with van der Waals surface area (Å²) in [6.45, 7) is 0. The molecule has 0 saturated carbocycles. The van der Waals surface area contributed by atoms with E-state index in [1.165, 1.54) is 48.9 Å². The quantitative estimate of drug-likeness (QED) is 0.530. The molecule has 0 radical (unpaired) electrons. The van der Waals surface area contributed by atoms with E-state index < -0.39 is 0 Å². The molecule has 0 saturated heterocycles. The van der Waals surface area contributed by atoms with E-state index in [0.717, 1.165) is 0 Å². The molecule has 0 fully saturated rings. The summed E-state index contributed by atoms with van der Waals surface area (Å²) in [5.41, 5.74) is 1.10. The first kappa shape index (κ1) is 17.0. The van der Waals surface area contributed by atoms with Crippen LogP contribution >= 0.6 is 0 Å². The molecule has 0 spiro atoms. The lowest BCUT2D eigenvalue weighted by atomic mass is 9.96. The highest BCUT2D eigenvalue weighted by atomic mass is 16.5. The zero-order valence-electron chi connectivity index (χ0n) is 14.9. The van der Waals surface area contributed by atoms with Crippen molar-refractivity contribution >= 4 is 10.8 Å². The van der Waals surface area contributed by atoms with Crippen LogP contribution in [0.1, 0.15) is 11.1 Å². The topological polar surface area (TPSA) is 127 Å². The Morgan fingerprint density at radius 1 is 0.786 bits per heavy atom. The molecular weight excluding hydrogens is 360 g/mol. The van der Waals surface area contributed by atoms with Crippen LogP contribution in [0.5, 0.6) is 11.5 Å². The van der Waals surface area contributed by atoms with Crippen LogP contribution in [0.2, 0.25) is 0 Å². The lowest BCUT2D eigenvalue weighted by Crippen LogP contribution is -2.08. The lowest BCUT2D eigenvalue weighted by molar-refractivity contribution is 0.356. The first-order chi connectivity index (χ1) is 13.7. The highest BCUT2D eigenvalue weighted by molar-refractivity contribution is 6.02. The molecule has 2 aromatic heterocycles. The number of hydrogen-bond donors (Lipinski definition) is 0. The first-order valence-corrected chi connectivity index (χ1v) is 7.99. The van der Waals surface area contributed by atoms with Gasteiger partial charge in [-0.1, -0.05) is 0 Å². The zero-order chi connectivity index (χ0) is 19.7. The SMILES string of the molecule is COc1cc2c(-n3cncn3)c(C#N)c(C#N)c(-n3cncn3)c2cc1OC. The maximum Gasteiger partial charge on any atom is 0.161 e. The summed E-state index contributed by atoms with van der Waals surface area (Å²) in [6.07, 6.45) is 5.63. The molecule has 4 rings (SSSR count). The van der Waals surface area contributed by atoms with Crippen molar-refractivity contribution in [2.45, 2.75) is 0 Å². The third-order valence-corrected chi connectivity index (χ3v) is 4.28. The van der Waals surface area contributed by atoms with Crippen LogP contribution in [-0.2, 0) is 0 Å². The fraction of sp³-hybridized carbons (Fsp3) is 0.111. The summed E-state index contributed by atoms with van der Waals surface area (Å²) in [7, 11) is 3.04. The number of benzene rings is 2. The summed E-state index contributed by atoms with van der Waals surface area (Å²) >= 11 is 0. The number of methoxy groups -OCH3 is 2. The van der Waals surface area contributed by atoms with Crippen LogP contribution in [0.4, 0.5) is 0 Å².